The van der Waals surface area contributed by atoms with E-state index in [4.69, 9.17) is 11.6 Å². The third-order valence-electron chi connectivity index (χ3n) is 3.54. The molecule has 0 aliphatic heterocycles. The van der Waals surface area contributed by atoms with Gasteiger partial charge < -0.3 is 5.32 Å². The van der Waals surface area contributed by atoms with E-state index in [0.29, 0.717) is 11.2 Å². The maximum Gasteiger partial charge on any atom is 0.137 e. The highest BCUT2D eigenvalue weighted by Gasteiger charge is 2.25. The lowest BCUT2D eigenvalue weighted by Crippen LogP contribution is -2.21. The van der Waals surface area contributed by atoms with Crippen LogP contribution in [0.25, 0.3) is 0 Å². The van der Waals surface area contributed by atoms with E-state index >= 15 is 0 Å². The first-order chi connectivity index (χ1) is 8.74. The van der Waals surface area contributed by atoms with Crippen molar-refractivity contribution in [2.24, 2.45) is 5.92 Å². The lowest BCUT2D eigenvalue weighted by Gasteiger charge is -2.19. The second-order valence-electron chi connectivity index (χ2n) is 5.17. The molecule has 1 fully saturated rings. The van der Waals surface area contributed by atoms with Crippen molar-refractivity contribution in [2.75, 3.05) is 5.32 Å². The SMILES string of the molecule is CCCc1c(Cl)ncnc1NC(CC)CC1CC1. The Balaban J connectivity index is 2.07. The number of anilines is 1. The van der Waals surface area contributed by atoms with Crippen molar-refractivity contribution in [2.45, 2.75) is 58.4 Å². The molecule has 1 unspecified atom stereocenters. The minimum absolute atomic E-state index is 0.513. The van der Waals surface area contributed by atoms with Crippen LogP contribution >= 0.6 is 11.6 Å². The van der Waals surface area contributed by atoms with E-state index in [1.165, 1.54) is 19.3 Å². The van der Waals surface area contributed by atoms with Gasteiger partial charge in [0.2, 0.25) is 0 Å². The molecule has 1 aliphatic rings. The summed E-state index contributed by atoms with van der Waals surface area (Å²) < 4.78 is 0. The van der Waals surface area contributed by atoms with Crippen molar-refractivity contribution in [3.05, 3.63) is 17.0 Å². The molecule has 1 aromatic heterocycles. The molecule has 100 valence electrons. The monoisotopic (exact) mass is 267 g/mol. The summed E-state index contributed by atoms with van der Waals surface area (Å²) in [4.78, 5) is 8.45. The third-order valence-corrected chi connectivity index (χ3v) is 3.87. The summed E-state index contributed by atoms with van der Waals surface area (Å²) in [5, 5.41) is 4.15. The van der Waals surface area contributed by atoms with Gasteiger partial charge in [0.25, 0.3) is 0 Å². The predicted molar refractivity (Wildman–Crippen MR) is 76.1 cm³/mol. The van der Waals surface area contributed by atoms with Crippen LogP contribution in [0.15, 0.2) is 6.33 Å². The number of halogens is 1. The van der Waals surface area contributed by atoms with Gasteiger partial charge in [-0.05, 0) is 25.2 Å². The molecule has 1 N–H and O–H groups in total. The fraction of sp³-hybridized carbons (Fsp3) is 0.714. The predicted octanol–water partition coefficient (Wildman–Crippen LogP) is 4.07. The van der Waals surface area contributed by atoms with Gasteiger partial charge >= 0.3 is 0 Å². The van der Waals surface area contributed by atoms with Crippen molar-refractivity contribution in [3.8, 4) is 0 Å². The minimum atomic E-state index is 0.513. The van der Waals surface area contributed by atoms with Crippen molar-refractivity contribution in [1.29, 1.82) is 0 Å². The summed E-state index contributed by atoms with van der Waals surface area (Å²) in [5.74, 6) is 1.86. The Hall–Kier alpha value is -0.830. The summed E-state index contributed by atoms with van der Waals surface area (Å²) in [6, 6.07) is 0.513. The fourth-order valence-electron chi connectivity index (χ4n) is 2.26. The molecular weight excluding hydrogens is 246 g/mol. The van der Waals surface area contributed by atoms with Crippen LogP contribution in [0.5, 0.6) is 0 Å². The topological polar surface area (TPSA) is 37.8 Å². The maximum atomic E-state index is 6.16. The Morgan fingerprint density at radius 3 is 2.78 bits per heavy atom. The summed E-state index contributed by atoms with van der Waals surface area (Å²) in [7, 11) is 0. The Morgan fingerprint density at radius 2 is 2.17 bits per heavy atom. The highest BCUT2D eigenvalue weighted by molar-refractivity contribution is 6.30. The molecular formula is C14H22ClN3. The summed E-state index contributed by atoms with van der Waals surface area (Å²) in [5.41, 5.74) is 1.07. The van der Waals surface area contributed by atoms with Gasteiger partial charge in [0.05, 0.1) is 0 Å². The molecule has 1 aliphatic carbocycles. The lowest BCUT2D eigenvalue weighted by atomic mass is 10.1. The molecule has 0 spiro atoms. The van der Waals surface area contributed by atoms with Crippen molar-refractivity contribution >= 4 is 17.4 Å². The third kappa shape index (κ3) is 3.58. The summed E-state index contributed by atoms with van der Waals surface area (Å²) in [6.45, 7) is 4.37. The number of hydrogen-bond acceptors (Lipinski definition) is 3. The average Bonchev–Trinajstić information content (AvgIpc) is 3.16. The summed E-state index contributed by atoms with van der Waals surface area (Å²) >= 11 is 6.16. The molecule has 3 nitrogen and oxygen atoms in total. The second kappa shape index (κ2) is 6.37. The highest BCUT2D eigenvalue weighted by atomic mass is 35.5. The average molecular weight is 268 g/mol. The number of nitrogens with one attached hydrogen (secondary N) is 1. The van der Waals surface area contributed by atoms with Crippen LogP contribution < -0.4 is 5.32 Å². The van der Waals surface area contributed by atoms with Gasteiger partial charge in [0, 0.05) is 11.6 Å². The molecule has 1 saturated carbocycles. The molecule has 0 radical (unpaired) electrons. The van der Waals surface area contributed by atoms with E-state index in [9.17, 15) is 0 Å². The second-order valence-corrected chi connectivity index (χ2v) is 5.53. The zero-order valence-electron chi connectivity index (χ0n) is 11.2. The Labute approximate surface area is 114 Å². The van der Waals surface area contributed by atoms with Crippen molar-refractivity contribution in [1.82, 2.24) is 9.97 Å². The number of nitrogens with zero attached hydrogens (tertiary/aromatic N) is 2. The van der Waals surface area contributed by atoms with E-state index in [1.54, 1.807) is 6.33 Å². The smallest absolute Gasteiger partial charge is 0.137 e. The van der Waals surface area contributed by atoms with Crippen LogP contribution in [0, 0.1) is 5.92 Å². The fourth-order valence-corrected chi connectivity index (χ4v) is 2.49. The van der Waals surface area contributed by atoms with E-state index in [-0.39, 0.29) is 0 Å². The molecule has 0 amide bonds. The number of aromatic nitrogens is 2. The van der Waals surface area contributed by atoms with E-state index < -0.39 is 0 Å². The Kier molecular flexibility index (Phi) is 4.81. The molecule has 0 saturated heterocycles. The van der Waals surface area contributed by atoms with Gasteiger partial charge in [-0.3, -0.25) is 0 Å². The Morgan fingerprint density at radius 1 is 1.39 bits per heavy atom. The molecule has 1 atom stereocenters. The quantitative estimate of drug-likeness (QED) is 0.757. The first-order valence-corrected chi connectivity index (χ1v) is 7.38. The van der Waals surface area contributed by atoms with E-state index in [0.717, 1.165) is 36.6 Å². The molecule has 0 aromatic carbocycles. The van der Waals surface area contributed by atoms with Crippen LogP contribution in [-0.4, -0.2) is 16.0 Å². The molecule has 0 bridgehead atoms. The molecule has 2 rings (SSSR count). The molecule has 1 aromatic rings. The van der Waals surface area contributed by atoms with Crippen molar-refractivity contribution in [3.63, 3.8) is 0 Å². The first-order valence-electron chi connectivity index (χ1n) is 7.00. The molecule has 1 heterocycles. The van der Waals surface area contributed by atoms with Gasteiger partial charge in [-0.1, -0.05) is 44.7 Å². The van der Waals surface area contributed by atoms with Crippen LogP contribution in [0.1, 0.15) is 51.5 Å². The van der Waals surface area contributed by atoms with Crippen LogP contribution in [0.4, 0.5) is 5.82 Å². The van der Waals surface area contributed by atoms with E-state index in [1.807, 2.05) is 0 Å². The van der Waals surface area contributed by atoms with Crippen LogP contribution in [0.2, 0.25) is 5.15 Å². The molecule has 4 heteroatoms. The molecule has 18 heavy (non-hydrogen) atoms. The Bertz CT molecular complexity index is 391. The number of rotatable bonds is 7. The lowest BCUT2D eigenvalue weighted by molar-refractivity contribution is 0.584. The van der Waals surface area contributed by atoms with E-state index in [2.05, 4.69) is 29.1 Å². The van der Waals surface area contributed by atoms with Gasteiger partial charge in [-0.25, -0.2) is 9.97 Å². The van der Waals surface area contributed by atoms with Gasteiger partial charge in [0.15, 0.2) is 0 Å². The highest BCUT2D eigenvalue weighted by Crippen LogP contribution is 2.35. The van der Waals surface area contributed by atoms with Gasteiger partial charge in [0.1, 0.15) is 17.3 Å². The van der Waals surface area contributed by atoms with Crippen LogP contribution in [-0.2, 0) is 6.42 Å². The van der Waals surface area contributed by atoms with Gasteiger partial charge in [-0.2, -0.15) is 0 Å². The zero-order valence-corrected chi connectivity index (χ0v) is 12.0. The van der Waals surface area contributed by atoms with Crippen molar-refractivity contribution < 1.29 is 0 Å². The van der Waals surface area contributed by atoms with Gasteiger partial charge in [-0.15, -0.1) is 0 Å². The summed E-state index contributed by atoms with van der Waals surface area (Å²) in [6.07, 6.45) is 8.71. The zero-order chi connectivity index (χ0) is 13.0. The minimum Gasteiger partial charge on any atom is -0.367 e. The number of hydrogen-bond donors (Lipinski definition) is 1. The normalized spacial score (nSPS) is 16.6. The maximum absolute atomic E-state index is 6.16. The van der Waals surface area contributed by atoms with Crippen LogP contribution in [0.3, 0.4) is 0 Å². The standard InChI is InChI=1S/C14H22ClN3/c1-3-5-12-13(15)16-9-17-14(12)18-11(4-2)8-10-6-7-10/h9-11H,3-8H2,1-2H3,(H,16,17,18). The largest absolute Gasteiger partial charge is 0.367 e. The first kappa shape index (κ1) is 13.6.